The number of likely N-dealkylation sites (tertiary alicyclic amines) is 1. The van der Waals surface area contributed by atoms with Crippen LogP contribution >= 0.6 is 0 Å². The van der Waals surface area contributed by atoms with Crippen molar-refractivity contribution in [2.75, 3.05) is 13.1 Å². The quantitative estimate of drug-likeness (QED) is 0.923. The Morgan fingerprint density at radius 3 is 2.90 bits per heavy atom. The highest BCUT2D eigenvalue weighted by Crippen LogP contribution is 2.21. The van der Waals surface area contributed by atoms with Gasteiger partial charge in [-0.25, -0.2) is 0 Å². The number of aliphatic carboxylic acids is 1. The number of rotatable bonds is 4. The summed E-state index contributed by atoms with van der Waals surface area (Å²) in [6.45, 7) is 0.802. The number of hydrogen-bond donors (Lipinski definition) is 1. The van der Waals surface area contributed by atoms with Crippen molar-refractivity contribution in [1.29, 1.82) is 0 Å². The minimum Gasteiger partial charge on any atom is -0.481 e. The molecule has 1 aliphatic rings. The van der Waals surface area contributed by atoms with Gasteiger partial charge in [-0.2, -0.15) is 0 Å². The van der Waals surface area contributed by atoms with Crippen LogP contribution in [0.4, 0.5) is 0 Å². The van der Waals surface area contributed by atoms with E-state index in [0.717, 1.165) is 16.7 Å². The Hall–Kier alpha value is -2.30. The number of carbonyl (C=O) groups excluding carboxylic acids is 1. The van der Waals surface area contributed by atoms with Gasteiger partial charge in [-0.3, -0.25) is 9.59 Å². The fourth-order valence-electron chi connectivity index (χ4n) is 2.56. The molecule has 5 nitrogen and oxygen atoms in total. The summed E-state index contributed by atoms with van der Waals surface area (Å²) in [6.07, 6.45) is 0.711. The predicted octanol–water partition coefficient (Wildman–Crippen LogP) is 1.91. The third-order valence-corrected chi connectivity index (χ3v) is 3.67. The Bertz CT molecular complexity index is 628. The number of furan rings is 1. The average molecular weight is 273 g/mol. The first kappa shape index (κ1) is 12.7. The van der Waals surface area contributed by atoms with Crippen LogP contribution in [0.3, 0.4) is 0 Å². The topological polar surface area (TPSA) is 70.8 Å². The summed E-state index contributed by atoms with van der Waals surface area (Å²) in [7, 11) is 0. The molecule has 20 heavy (non-hydrogen) atoms. The summed E-state index contributed by atoms with van der Waals surface area (Å²) in [6, 6.07) is 9.70. The minimum absolute atomic E-state index is 0.0893. The van der Waals surface area contributed by atoms with Crippen LogP contribution < -0.4 is 0 Å². The molecule has 1 fully saturated rings. The molecule has 0 bridgehead atoms. The normalized spacial score (nSPS) is 18.9. The first-order valence-electron chi connectivity index (χ1n) is 6.61. The molecule has 3 rings (SSSR count). The zero-order chi connectivity index (χ0) is 14.1. The van der Waals surface area contributed by atoms with Gasteiger partial charge in [0.25, 0.3) is 0 Å². The number of hydrogen-bond acceptors (Lipinski definition) is 3. The Labute approximate surface area is 115 Å². The summed E-state index contributed by atoms with van der Waals surface area (Å²) in [5, 5.41) is 9.97. The van der Waals surface area contributed by atoms with Gasteiger partial charge in [0.2, 0.25) is 5.91 Å². The second-order valence-electron chi connectivity index (χ2n) is 5.08. The lowest BCUT2D eigenvalue weighted by molar-refractivity contribution is -0.141. The van der Waals surface area contributed by atoms with Gasteiger partial charge >= 0.3 is 5.97 Å². The molecule has 5 heteroatoms. The molecule has 1 aromatic heterocycles. The van der Waals surface area contributed by atoms with Crippen LogP contribution in [0.25, 0.3) is 11.0 Å². The molecule has 1 unspecified atom stereocenters. The number of benzene rings is 1. The van der Waals surface area contributed by atoms with Gasteiger partial charge in [0.15, 0.2) is 0 Å². The van der Waals surface area contributed by atoms with Crippen molar-refractivity contribution in [3.8, 4) is 0 Å². The van der Waals surface area contributed by atoms with E-state index in [4.69, 9.17) is 9.52 Å². The minimum atomic E-state index is -0.899. The number of carbonyl (C=O) groups is 2. The van der Waals surface area contributed by atoms with Gasteiger partial charge in [-0.05, 0) is 12.1 Å². The molecule has 2 aromatic rings. The number of para-hydroxylation sites is 1. The van der Waals surface area contributed by atoms with Gasteiger partial charge < -0.3 is 14.4 Å². The van der Waals surface area contributed by atoms with Gasteiger partial charge in [0.05, 0.1) is 5.92 Å². The molecule has 1 aromatic carbocycles. The zero-order valence-corrected chi connectivity index (χ0v) is 10.9. The SMILES string of the molecule is O=C(O)C1CC(=O)N(CCc2cc3ccccc3o2)C1. The first-order valence-corrected chi connectivity index (χ1v) is 6.61. The maximum atomic E-state index is 11.7. The van der Waals surface area contributed by atoms with Crippen LogP contribution in [0.2, 0.25) is 0 Å². The Morgan fingerprint density at radius 1 is 1.40 bits per heavy atom. The van der Waals surface area contributed by atoms with Crippen LogP contribution in [0, 0.1) is 5.92 Å². The summed E-state index contributed by atoms with van der Waals surface area (Å²) < 4.78 is 5.68. The van der Waals surface area contributed by atoms with E-state index in [0.29, 0.717) is 19.5 Å². The molecule has 0 spiro atoms. The number of carboxylic acids is 1. The average Bonchev–Trinajstić information content (AvgIpc) is 2.99. The van der Waals surface area contributed by atoms with Gasteiger partial charge in [0, 0.05) is 31.3 Å². The molecule has 1 saturated heterocycles. The molecule has 104 valence electrons. The number of nitrogens with zero attached hydrogens (tertiary/aromatic N) is 1. The fraction of sp³-hybridized carbons (Fsp3) is 0.333. The van der Waals surface area contributed by atoms with Crippen molar-refractivity contribution < 1.29 is 19.1 Å². The van der Waals surface area contributed by atoms with E-state index in [2.05, 4.69) is 0 Å². The smallest absolute Gasteiger partial charge is 0.308 e. The van der Waals surface area contributed by atoms with E-state index in [1.165, 1.54) is 0 Å². The molecule has 0 saturated carbocycles. The van der Waals surface area contributed by atoms with Crippen LogP contribution in [0.1, 0.15) is 12.2 Å². The molecule has 1 amide bonds. The van der Waals surface area contributed by atoms with E-state index in [1.54, 1.807) is 4.90 Å². The third kappa shape index (κ3) is 2.39. The van der Waals surface area contributed by atoms with Crippen molar-refractivity contribution in [1.82, 2.24) is 4.90 Å². The van der Waals surface area contributed by atoms with Crippen LogP contribution in [0.5, 0.6) is 0 Å². The monoisotopic (exact) mass is 273 g/mol. The van der Waals surface area contributed by atoms with Gasteiger partial charge in [0.1, 0.15) is 11.3 Å². The molecule has 1 N–H and O–H groups in total. The maximum absolute atomic E-state index is 11.7. The van der Waals surface area contributed by atoms with Crippen molar-refractivity contribution in [3.63, 3.8) is 0 Å². The predicted molar refractivity (Wildman–Crippen MR) is 72.2 cm³/mol. The van der Waals surface area contributed by atoms with E-state index < -0.39 is 11.9 Å². The molecule has 1 aliphatic heterocycles. The number of carboxylic acid groups (broad SMARTS) is 1. The second kappa shape index (κ2) is 5.00. The zero-order valence-electron chi connectivity index (χ0n) is 10.9. The molecular weight excluding hydrogens is 258 g/mol. The first-order chi connectivity index (χ1) is 9.63. The fourth-order valence-corrected chi connectivity index (χ4v) is 2.56. The molecular formula is C15H15NO4. The lowest BCUT2D eigenvalue weighted by Crippen LogP contribution is -2.28. The maximum Gasteiger partial charge on any atom is 0.308 e. The highest BCUT2D eigenvalue weighted by molar-refractivity contribution is 5.86. The van der Waals surface area contributed by atoms with Crippen LogP contribution in [-0.4, -0.2) is 35.0 Å². The molecule has 2 heterocycles. The Morgan fingerprint density at radius 2 is 2.20 bits per heavy atom. The van der Waals surface area contributed by atoms with Crippen molar-refractivity contribution in [2.45, 2.75) is 12.8 Å². The summed E-state index contributed by atoms with van der Waals surface area (Å²) in [4.78, 5) is 24.2. The Kier molecular flexibility index (Phi) is 3.18. The second-order valence-corrected chi connectivity index (χ2v) is 5.08. The van der Waals surface area contributed by atoms with E-state index in [9.17, 15) is 9.59 Å². The van der Waals surface area contributed by atoms with E-state index >= 15 is 0 Å². The largest absolute Gasteiger partial charge is 0.481 e. The van der Waals surface area contributed by atoms with Gasteiger partial charge in [-0.1, -0.05) is 18.2 Å². The van der Waals surface area contributed by atoms with E-state index in [-0.39, 0.29) is 12.3 Å². The summed E-state index contributed by atoms with van der Waals surface area (Å²) in [5.74, 6) is -0.742. The number of fused-ring (bicyclic) bond motifs is 1. The van der Waals surface area contributed by atoms with Crippen LogP contribution in [-0.2, 0) is 16.0 Å². The van der Waals surface area contributed by atoms with Gasteiger partial charge in [-0.15, -0.1) is 0 Å². The summed E-state index contributed by atoms with van der Waals surface area (Å²) >= 11 is 0. The van der Waals surface area contributed by atoms with Crippen LogP contribution in [0.15, 0.2) is 34.7 Å². The standard InChI is InChI=1S/C15H15NO4/c17-14-8-11(15(18)19)9-16(14)6-5-12-7-10-3-1-2-4-13(10)20-12/h1-4,7,11H,5-6,8-9H2,(H,18,19). The van der Waals surface area contributed by atoms with Crippen molar-refractivity contribution in [2.24, 2.45) is 5.92 Å². The lowest BCUT2D eigenvalue weighted by Gasteiger charge is -2.14. The highest BCUT2D eigenvalue weighted by atomic mass is 16.4. The molecule has 1 atom stereocenters. The highest BCUT2D eigenvalue weighted by Gasteiger charge is 2.33. The third-order valence-electron chi connectivity index (χ3n) is 3.67. The summed E-state index contributed by atoms with van der Waals surface area (Å²) in [5.41, 5.74) is 0.832. The molecule has 0 aliphatic carbocycles. The molecule has 0 radical (unpaired) electrons. The van der Waals surface area contributed by atoms with Crippen molar-refractivity contribution >= 4 is 22.8 Å². The van der Waals surface area contributed by atoms with Crippen molar-refractivity contribution in [3.05, 3.63) is 36.1 Å². The van der Waals surface area contributed by atoms with E-state index in [1.807, 2.05) is 30.3 Å². The lowest BCUT2D eigenvalue weighted by atomic mass is 10.1. The Balaban J connectivity index is 1.64. The number of amides is 1.